The van der Waals surface area contributed by atoms with Gasteiger partial charge in [0.25, 0.3) is 5.91 Å². The standard InChI is InChI=1S/C18H28N2O2/c1-13(22-15-9-7-6-8-10-15)16(21)19-14-11-17(2,3)20-18(4,5)12-14/h6-10,13-14,20H,11-12H2,1-5H3,(H,19,21)/t13-/m0/s1. The predicted molar refractivity (Wildman–Crippen MR) is 89.0 cm³/mol. The number of carbonyl (C=O) groups excluding carboxylic acids is 1. The van der Waals surface area contributed by atoms with E-state index >= 15 is 0 Å². The van der Waals surface area contributed by atoms with E-state index in [9.17, 15) is 4.79 Å². The maximum absolute atomic E-state index is 12.4. The molecule has 2 N–H and O–H groups in total. The van der Waals surface area contributed by atoms with Crippen LogP contribution in [0.1, 0.15) is 47.5 Å². The van der Waals surface area contributed by atoms with Crippen LogP contribution in [0.2, 0.25) is 0 Å². The summed E-state index contributed by atoms with van der Waals surface area (Å²) in [5.41, 5.74) is 0.0342. The van der Waals surface area contributed by atoms with Crippen molar-refractivity contribution in [3.05, 3.63) is 30.3 Å². The minimum atomic E-state index is -0.497. The van der Waals surface area contributed by atoms with Gasteiger partial charge in [-0.25, -0.2) is 0 Å². The van der Waals surface area contributed by atoms with Crippen molar-refractivity contribution in [1.29, 1.82) is 0 Å². The topological polar surface area (TPSA) is 50.4 Å². The fraction of sp³-hybridized carbons (Fsp3) is 0.611. The SMILES string of the molecule is C[C@H](Oc1ccccc1)C(=O)NC1CC(C)(C)NC(C)(C)C1. The highest BCUT2D eigenvalue weighted by Gasteiger charge is 2.38. The molecule has 0 aliphatic carbocycles. The van der Waals surface area contributed by atoms with E-state index in [-0.39, 0.29) is 23.0 Å². The van der Waals surface area contributed by atoms with Crippen molar-refractivity contribution >= 4 is 5.91 Å². The summed E-state index contributed by atoms with van der Waals surface area (Å²) in [6.45, 7) is 10.5. The summed E-state index contributed by atoms with van der Waals surface area (Å²) in [7, 11) is 0. The number of hydrogen-bond donors (Lipinski definition) is 2. The van der Waals surface area contributed by atoms with Gasteiger partial charge >= 0.3 is 0 Å². The van der Waals surface area contributed by atoms with Gasteiger partial charge in [-0.05, 0) is 59.6 Å². The smallest absolute Gasteiger partial charge is 0.260 e. The summed E-state index contributed by atoms with van der Waals surface area (Å²) in [5.74, 6) is 0.665. The Labute approximate surface area is 133 Å². The summed E-state index contributed by atoms with van der Waals surface area (Å²) in [6.07, 6.45) is 1.34. The van der Waals surface area contributed by atoms with Gasteiger partial charge in [-0.3, -0.25) is 4.79 Å². The lowest BCUT2D eigenvalue weighted by atomic mass is 9.79. The molecule has 1 atom stereocenters. The molecule has 0 bridgehead atoms. The lowest BCUT2D eigenvalue weighted by Gasteiger charge is -2.46. The number of para-hydroxylation sites is 1. The summed E-state index contributed by atoms with van der Waals surface area (Å²) in [5, 5.41) is 6.77. The highest BCUT2D eigenvalue weighted by Crippen LogP contribution is 2.28. The molecule has 122 valence electrons. The van der Waals surface area contributed by atoms with E-state index in [0.717, 1.165) is 18.6 Å². The van der Waals surface area contributed by atoms with Gasteiger partial charge in [-0.2, -0.15) is 0 Å². The first-order valence-electron chi connectivity index (χ1n) is 7.98. The molecule has 1 aromatic rings. The summed E-state index contributed by atoms with van der Waals surface area (Å²) >= 11 is 0. The number of piperidine rings is 1. The highest BCUT2D eigenvalue weighted by atomic mass is 16.5. The lowest BCUT2D eigenvalue weighted by molar-refractivity contribution is -0.128. The van der Waals surface area contributed by atoms with Crippen molar-refractivity contribution in [1.82, 2.24) is 10.6 Å². The molecule has 1 aliphatic rings. The maximum Gasteiger partial charge on any atom is 0.260 e. The molecule has 0 spiro atoms. The van der Waals surface area contributed by atoms with Crippen LogP contribution < -0.4 is 15.4 Å². The second-order valence-electron chi connectivity index (χ2n) is 7.58. The summed E-state index contributed by atoms with van der Waals surface area (Å²) in [6, 6.07) is 9.62. The van der Waals surface area contributed by atoms with Crippen molar-refractivity contribution in [2.24, 2.45) is 0 Å². The van der Waals surface area contributed by atoms with E-state index in [2.05, 4.69) is 38.3 Å². The van der Waals surface area contributed by atoms with E-state index in [1.807, 2.05) is 30.3 Å². The van der Waals surface area contributed by atoms with Gasteiger partial charge in [0.1, 0.15) is 5.75 Å². The van der Waals surface area contributed by atoms with Gasteiger partial charge in [0.15, 0.2) is 6.10 Å². The fourth-order valence-corrected chi connectivity index (χ4v) is 3.50. The monoisotopic (exact) mass is 304 g/mol. The number of carbonyl (C=O) groups is 1. The van der Waals surface area contributed by atoms with Crippen LogP contribution in [-0.2, 0) is 4.79 Å². The highest BCUT2D eigenvalue weighted by molar-refractivity contribution is 5.81. The zero-order valence-electron chi connectivity index (χ0n) is 14.3. The second kappa shape index (κ2) is 6.29. The van der Waals surface area contributed by atoms with Crippen LogP contribution in [0.5, 0.6) is 5.75 Å². The fourth-order valence-electron chi connectivity index (χ4n) is 3.50. The summed E-state index contributed by atoms with van der Waals surface area (Å²) < 4.78 is 5.69. The van der Waals surface area contributed by atoms with E-state index in [0.29, 0.717) is 0 Å². The molecule has 1 amide bonds. The molecule has 22 heavy (non-hydrogen) atoms. The Morgan fingerprint density at radius 1 is 1.18 bits per heavy atom. The molecule has 1 fully saturated rings. The van der Waals surface area contributed by atoms with Crippen molar-refractivity contribution in [3.63, 3.8) is 0 Å². The Kier molecular flexibility index (Phi) is 4.81. The lowest BCUT2D eigenvalue weighted by Crippen LogP contribution is -2.62. The normalized spacial score (nSPS) is 21.9. The molecule has 1 heterocycles. The van der Waals surface area contributed by atoms with Gasteiger partial charge in [0, 0.05) is 17.1 Å². The number of nitrogens with one attached hydrogen (secondary N) is 2. The number of amides is 1. The van der Waals surface area contributed by atoms with Crippen LogP contribution >= 0.6 is 0 Å². The van der Waals surface area contributed by atoms with E-state index < -0.39 is 6.10 Å². The molecule has 0 aromatic heterocycles. The van der Waals surface area contributed by atoms with E-state index in [1.165, 1.54) is 0 Å². The van der Waals surface area contributed by atoms with Crippen molar-refractivity contribution in [2.45, 2.75) is 70.7 Å². The molecule has 0 unspecified atom stereocenters. The number of benzene rings is 1. The van der Waals surface area contributed by atoms with Gasteiger partial charge < -0.3 is 15.4 Å². The number of ether oxygens (including phenoxy) is 1. The second-order valence-corrected chi connectivity index (χ2v) is 7.58. The Balaban J connectivity index is 1.93. The Hall–Kier alpha value is -1.55. The quantitative estimate of drug-likeness (QED) is 0.899. The van der Waals surface area contributed by atoms with Crippen molar-refractivity contribution in [3.8, 4) is 5.75 Å². The minimum Gasteiger partial charge on any atom is -0.481 e. The van der Waals surface area contributed by atoms with E-state index in [4.69, 9.17) is 4.74 Å². The average Bonchev–Trinajstić information content (AvgIpc) is 2.35. The number of rotatable bonds is 4. The van der Waals surface area contributed by atoms with Crippen molar-refractivity contribution in [2.75, 3.05) is 0 Å². The van der Waals surface area contributed by atoms with Crippen LogP contribution in [0.3, 0.4) is 0 Å². The van der Waals surface area contributed by atoms with Crippen LogP contribution in [0, 0.1) is 0 Å². The molecule has 4 heteroatoms. The molecule has 0 saturated carbocycles. The number of hydrogen-bond acceptors (Lipinski definition) is 3. The Morgan fingerprint density at radius 2 is 1.73 bits per heavy atom. The Morgan fingerprint density at radius 3 is 2.27 bits per heavy atom. The summed E-state index contributed by atoms with van der Waals surface area (Å²) in [4.78, 5) is 12.4. The molecule has 0 radical (unpaired) electrons. The van der Waals surface area contributed by atoms with Gasteiger partial charge in [-0.1, -0.05) is 18.2 Å². The Bertz CT molecular complexity index is 495. The molecule has 1 aliphatic heterocycles. The largest absolute Gasteiger partial charge is 0.481 e. The van der Waals surface area contributed by atoms with Gasteiger partial charge in [0.2, 0.25) is 0 Å². The van der Waals surface area contributed by atoms with Crippen LogP contribution in [-0.4, -0.2) is 29.1 Å². The zero-order valence-corrected chi connectivity index (χ0v) is 14.3. The average molecular weight is 304 g/mol. The molecule has 4 nitrogen and oxygen atoms in total. The molecule has 1 aromatic carbocycles. The van der Waals surface area contributed by atoms with Gasteiger partial charge in [0.05, 0.1) is 0 Å². The van der Waals surface area contributed by atoms with E-state index in [1.54, 1.807) is 6.92 Å². The van der Waals surface area contributed by atoms with Gasteiger partial charge in [-0.15, -0.1) is 0 Å². The van der Waals surface area contributed by atoms with Crippen LogP contribution in [0.15, 0.2) is 30.3 Å². The third-order valence-corrected chi connectivity index (χ3v) is 3.96. The van der Waals surface area contributed by atoms with Crippen molar-refractivity contribution < 1.29 is 9.53 Å². The first kappa shape index (κ1) is 16.8. The first-order chi connectivity index (χ1) is 10.2. The molecular formula is C18H28N2O2. The molecule has 2 rings (SSSR count). The maximum atomic E-state index is 12.4. The van der Waals surface area contributed by atoms with Crippen LogP contribution in [0.25, 0.3) is 0 Å². The third-order valence-electron chi connectivity index (χ3n) is 3.96. The molecule has 1 saturated heterocycles. The molecular weight excluding hydrogens is 276 g/mol. The minimum absolute atomic E-state index is 0.0171. The third kappa shape index (κ3) is 4.73. The predicted octanol–water partition coefficient (Wildman–Crippen LogP) is 2.88. The van der Waals surface area contributed by atoms with Crippen LogP contribution in [0.4, 0.5) is 0 Å². The zero-order chi connectivity index (χ0) is 16.4. The first-order valence-corrected chi connectivity index (χ1v) is 7.98.